The van der Waals surface area contributed by atoms with Crippen LogP contribution in [0.25, 0.3) is 5.57 Å². The van der Waals surface area contributed by atoms with Gasteiger partial charge in [-0.05, 0) is 50.3 Å². The van der Waals surface area contributed by atoms with E-state index in [9.17, 15) is 27.2 Å². The van der Waals surface area contributed by atoms with Crippen LogP contribution in [0, 0.1) is 5.13 Å². The van der Waals surface area contributed by atoms with Gasteiger partial charge >= 0.3 is 12.3 Å². The number of aryl methyl sites for hydroxylation is 1. The number of thiazole rings is 1. The lowest BCUT2D eigenvalue weighted by molar-refractivity contribution is -0.138. The van der Waals surface area contributed by atoms with E-state index < -0.39 is 23.0 Å². The number of rotatable bonds is 14. The first-order valence-electron chi connectivity index (χ1n) is 13.6. The maximum atomic E-state index is 15.0. The molecular formula is C29H35F4N3O3S. The van der Waals surface area contributed by atoms with E-state index in [1.165, 1.54) is 25.3 Å². The molecule has 1 aromatic carbocycles. The third-order valence-electron chi connectivity index (χ3n) is 6.43. The number of hydrogen-bond acceptors (Lipinski definition) is 6. The van der Waals surface area contributed by atoms with Gasteiger partial charge < -0.3 is 9.53 Å². The molecule has 0 saturated carbocycles. The molecule has 1 aliphatic heterocycles. The van der Waals surface area contributed by atoms with Crippen LogP contribution in [-0.2, 0) is 22.1 Å². The van der Waals surface area contributed by atoms with Crippen LogP contribution in [0.15, 0.2) is 29.3 Å². The molecule has 6 nitrogen and oxygen atoms in total. The Hall–Kier alpha value is -3.08. The molecule has 0 aliphatic carbocycles. The Labute approximate surface area is 236 Å². The molecule has 40 heavy (non-hydrogen) atoms. The van der Waals surface area contributed by atoms with Crippen LogP contribution in [0.1, 0.15) is 88.5 Å². The molecule has 1 amide bonds. The number of unbranched alkanes of at least 4 members (excludes halogenated alkanes) is 5. The predicted octanol–water partition coefficient (Wildman–Crippen LogP) is 8.71. The van der Waals surface area contributed by atoms with Gasteiger partial charge in [-0.3, -0.25) is 4.99 Å². The number of carbonyl (C=O) groups is 2. The molecule has 0 atom stereocenters. The van der Waals surface area contributed by atoms with E-state index in [2.05, 4.69) is 16.9 Å². The first kappa shape index (κ1) is 31.4. The largest absolute Gasteiger partial charge is 0.449 e. The second kappa shape index (κ2) is 15.1. The van der Waals surface area contributed by atoms with Crippen molar-refractivity contribution >= 4 is 45.8 Å². The number of halogens is 4. The van der Waals surface area contributed by atoms with Gasteiger partial charge in [0.1, 0.15) is 11.5 Å². The number of aliphatic imine (C=N–C) groups is 1. The molecule has 0 saturated heterocycles. The van der Waals surface area contributed by atoms with Gasteiger partial charge in [0.25, 0.3) is 0 Å². The molecule has 1 aliphatic rings. The Kier molecular flexibility index (Phi) is 11.8. The Morgan fingerprint density at radius 3 is 2.52 bits per heavy atom. The first-order chi connectivity index (χ1) is 19.1. The highest BCUT2D eigenvalue weighted by molar-refractivity contribution is 7.14. The third-order valence-corrected chi connectivity index (χ3v) is 7.26. The number of nitrogens with zero attached hydrogens (tertiary/aromatic N) is 3. The minimum atomic E-state index is -4.66. The molecule has 0 spiro atoms. The Morgan fingerprint density at radius 1 is 1.10 bits per heavy atom. The highest BCUT2D eigenvalue weighted by Crippen LogP contribution is 2.39. The summed E-state index contributed by atoms with van der Waals surface area (Å²) in [4.78, 5) is 33.7. The van der Waals surface area contributed by atoms with Crippen LogP contribution in [0.4, 0.5) is 33.2 Å². The fraction of sp³-hybridized carbons (Fsp3) is 0.517. The Bertz CT molecular complexity index is 1220. The van der Waals surface area contributed by atoms with E-state index in [-0.39, 0.29) is 53.7 Å². The van der Waals surface area contributed by atoms with E-state index in [1.54, 1.807) is 6.08 Å². The SMILES string of the molecule is CCCCCCCCc1ccc(N(C(=O)OCCCC(C)=O)c2nc(C3=CCCN=C3)c(F)s2)cc1C(F)(F)F. The number of alkyl halides is 3. The van der Waals surface area contributed by atoms with Crippen LogP contribution in [0.3, 0.4) is 0 Å². The number of anilines is 2. The maximum Gasteiger partial charge on any atom is 0.420 e. The second-order valence-electron chi connectivity index (χ2n) is 9.71. The molecule has 2 aromatic rings. The summed E-state index contributed by atoms with van der Waals surface area (Å²) in [5.74, 6) is -0.0854. The Balaban J connectivity index is 1.93. The zero-order valence-corrected chi connectivity index (χ0v) is 23.7. The van der Waals surface area contributed by atoms with Crippen molar-refractivity contribution in [3.05, 3.63) is 46.2 Å². The monoisotopic (exact) mass is 581 g/mol. The fourth-order valence-electron chi connectivity index (χ4n) is 4.35. The highest BCUT2D eigenvalue weighted by atomic mass is 32.1. The van der Waals surface area contributed by atoms with Crippen molar-refractivity contribution in [1.82, 2.24) is 4.98 Å². The predicted molar refractivity (Wildman–Crippen MR) is 150 cm³/mol. The fourth-order valence-corrected chi connectivity index (χ4v) is 5.18. The number of amides is 1. The van der Waals surface area contributed by atoms with Gasteiger partial charge in [-0.1, -0.05) is 62.5 Å². The number of Topliss-reactive ketones (excluding diaryl/α,β-unsaturated/α-hetero) is 1. The Morgan fingerprint density at radius 2 is 1.85 bits per heavy atom. The smallest absolute Gasteiger partial charge is 0.420 e. The van der Waals surface area contributed by atoms with Crippen LogP contribution >= 0.6 is 11.3 Å². The van der Waals surface area contributed by atoms with Crippen molar-refractivity contribution in [2.45, 2.75) is 84.2 Å². The average Bonchev–Trinajstić information content (AvgIpc) is 3.29. The summed E-state index contributed by atoms with van der Waals surface area (Å²) in [6, 6.07) is 3.66. The molecule has 1 aromatic heterocycles. The average molecular weight is 582 g/mol. The number of benzene rings is 1. The number of dihydropyridines is 1. The van der Waals surface area contributed by atoms with Crippen LogP contribution in [-0.4, -0.2) is 36.2 Å². The number of ketones is 1. The molecule has 0 bridgehead atoms. The number of hydrogen-bond donors (Lipinski definition) is 0. The summed E-state index contributed by atoms with van der Waals surface area (Å²) in [6.07, 6.45) is 4.52. The van der Waals surface area contributed by atoms with Crippen LogP contribution in [0.2, 0.25) is 0 Å². The molecule has 0 fully saturated rings. The van der Waals surface area contributed by atoms with Gasteiger partial charge in [-0.2, -0.15) is 17.6 Å². The number of carbonyl (C=O) groups excluding carboxylic acids is 2. The summed E-state index contributed by atoms with van der Waals surface area (Å²) in [7, 11) is 0. The van der Waals surface area contributed by atoms with Crippen LogP contribution < -0.4 is 4.90 Å². The lowest BCUT2D eigenvalue weighted by Gasteiger charge is -2.22. The highest BCUT2D eigenvalue weighted by Gasteiger charge is 2.35. The molecule has 0 unspecified atom stereocenters. The molecular weight excluding hydrogens is 546 g/mol. The van der Waals surface area contributed by atoms with Gasteiger partial charge in [0.05, 0.1) is 17.9 Å². The number of ether oxygens (including phenoxy) is 1. The molecule has 3 rings (SSSR count). The van der Waals surface area contributed by atoms with Crippen molar-refractivity contribution in [3.63, 3.8) is 0 Å². The number of allylic oxidation sites excluding steroid dienone is 1. The van der Waals surface area contributed by atoms with Crippen molar-refractivity contribution in [2.24, 2.45) is 4.99 Å². The standard InChI is InChI=1S/C29H35F4N3O3S/c1-3-4-5-6-7-8-12-21-14-15-23(18-24(21)29(31,32)33)36(28(38)39-17-10-11-20(2)37)27-35-25(26(30)40-27)22-13-9-16-34-19-22/h13-15,18-19H,3-12,16-17H2,1-2H3. The normalized spacial score (nSPS) is 13.3. The van der Waals surface area contributed by atoms with E-state index in [0.29, 0.717) is 36.3 Å². The summed E-state index contributed by atoms with van der Waals surface area (Å²) < 4.78 is 62.7. The zero-order valence-electron chi connectivity index (χ0n) is 22.9. The van der Waals surface area contributed by atoms with E-state index >= 15 is 0 Å². The van der Waals surface area contributed by atoms with E-state index in [0.717, 1.165) is 43.1 Å². The van der Waals surface area contributed by atoms with Crippen molar-refractivity contribution < 1.29 is 31.9 Å². The molecule has 2 heterocycles. The minimum Gasteiger partial charge on any atom is -0.449 e. The quantitative estimate of drug-likeness (QED) is 0.165. The minimum absolute atomic E-state index is 0.0337. The summed E-state index contributed by atoms with van der Waals surface area (Å²) >= 11 is 0.534. The third kappa shape index (κ3) is 8.97. The van der Waals surface area contributed by atoms with Gasteiger partial charge in [0, 0.05) is 24.8 Å². The van der Waals surface area contributed by atoms with Gasteiger partial charge in [0.2, 0.25) is 10.3 Å². The van der Waals surface area contributed by atoms with Gasteiger partial charge in [-0.15, -0.1) is 0 Å². The van der Waals surface area contributed by atoms with E-state index in [1.807, 2.05) is 0 Å². The lowest BCUT2D eigenvalue weighted by Crippen LogP contribution is -2.28. The molecule has 218 valence electrons. The molecule has 0 N–H and O–H groups in total. The molecule has 0 radical (unpaired) electrons. The maximum absolute atomic E-state index is 15.0. The van der Waals surface area contributed by atoms with Gasteiger partial charge in [0.15, 0.2) is 0 Å². The molecule has 11 heteroatoms. The first-order valence-corrected chi connectivity index (χ1v) is 14.5. The summed E-state index contributed by atoms with van der Waals surface area (Å²) in [6.45, 7) is 3.94. The number of aromatic nitrogens is 1. The topological polar surface area (TPSA) is 71.9 Å². The van der Waals surface area contributed by atoms with Crippen molar-refractivity contribution in [1.29, 1.82) is 0 Å². The lowest BCUT2D eigenvalue weighted by atomic mass is 9.99. The van der Waals surface area contributed by atoms with Crippen LogP contribution in [0.5, 0.6) is 0 Å². The second-order valence-corrected chi connectivity index (χ2v) is 10.6. The van der Waals surface area contributed by atoms with Crippen molar-refractivity contribution in [3.8, 4) is 0 Å². The summed E-state index contributed by atoms with van der Waals surface area (Å²) in [5.41, 5.74) is -0.453. The van der Waals surface area contributed by atoms with Gasteiger partial charge in [-0.25, -0.2) is 14.7 Å². The zero-order chi connectivity index (χ0) is 29.1. The summed E-state index contributed by atoms with van der Waals surface area (Å²) in [5, 5.41) is -0.861. The van der Waals surface area contributed by atoms with E-state index in [4.69, 9.17) is 4.74 Å². The van der Waals surface area contributed by atoms with Crippen molar-refractivity contribution in [2.75, 3.05) is 18.1 Å².